The summed E-state index contributed by atoms with van der Waals surface area (Å²) >= 11 is 1.41. The molecule has 0 fully saturated rings. The van der Waals surface area contributed by atoms with Gasteiger partial charge in [-0.05, 0) is 0 Å². The number of rotatable bonds is 2. The summed E-state index contributed by atoms with van der Waals surface area (Å²) in [5.41, 5.74) is 0.688. The Labute approximate surface area is 99.8 Å². The molecule has 3 rings (SSSR count). The van der Waals surface area contributed by atoms with Crippen molar-refractivity contribution in [2.24, 2.45) is 7.05 Å². The molecular weight excluding hydrogens is 240 g/mol. The van der Waals surface area contributed by atoms with Crippen molar-refractivity contribution in [3.05, 3.63) is 30.4 Å². The molecule has 0 bridgehead atoms. The molecule has 1 N–H and O–H groups in total. The first-order valence-corrected chi connectivity index (χ1v) is 5.66. The lowest BCUT2D eigenvalue weighted by Gasteiger charge is -1.91. The van der Waals surface area contributed by atoms with Crippen LogP contribution in [-0.2, 0) is 7.05 Å². The number of carboxylic acid groups (broad SMARTS) is 1. The lowest BCUT2D eigenvalue weighted by atomic mass is 10.2. The predicted molar refractivity (Wildman–Crippen MR) is 62.2 cm³/mol. The zero-order valence-electron chi connectivity index (χ0n) is 8.86. The first-order valence-electron chi connectivity index (χ1n) is 4.85. The van der Waals surface area contributed by atoms with Crippen LogP contribution >= 0.6 is 11.3 Å². The fourth-order valence-electron chi connectivity index (χ4n) is 1.66. The maximum absolute atomic E-state index is 11.1. The van der Waals surface area contributed by atoms with Crippen molar-refractivity contribution in [3.63, 3.8) is 0 Å². The first-order chi connectivity index (χ1) is 8.15. The van der Waals surface area contributed by atoms with Gasteiger partial charge in [0.2, 0.25) is 0 Å². The molecule has 7 heteroatoms. The highest BCUT2D eigenvalue weighted by molar-refractivity contribution is 7.20. The van der Waals surface area contributed by atoms with E-state index >= 15 is 0 Å². The van der Waals surface area contributed by atoms with Gasteiger partial charge in [0.1, 0.15) is 11.3 Å². The molecular formula is C10H8N4O2S. The molecule has 3 aromatic heterocycles. The number of carbonyl (C=O) groups is 1. The van der Waals surface area contributed by atoms with Crippen molar-refractivity contribution >= 4 is 22.3 Å². The van der Waals surface area contributed by atoms with E-state index in [9.17, 15) is 4.79 Å². The normalized spacial score (nSPS) is 11.1. The van der Waals surface area contributed by atoms with Gasteiger partial charge in [0.05, 0.1) is 4.88 Å². The Kier molecular flexibility index (Phi) is 2.02. The van der Waals surface area contributed by atoms with E-state index in [-0.39, 0.29) is 5.56 Å². The van der Waals surface area contributed by atoms with Gasteiger partial charge in [-0.3, -0.25) is 9.08 Å². The molecule has 0 saturated heterocycles. The van der Waals surface area contributed by atoms with Gasteiger partial charge in [-0.1, -0.05) is 11.3 Å². The molecule has 3 aromatic rings. The molecule has 0 saturated carbocycles. The van der Waals surface area contributed by atoms with Crippen molar-refractivity contribution in [3.8, 4) is 10.6 Å². The smallest absolute Gasteiger partial charge is 0.339 e. The van der Waals surface area contributed by atoms with Gasteiger partial charge < -0.3 is 5.11 Å². The topological polar surface area (TPSA) is 72.4 Å². The number of imidazole rings is 1. The van der Waals surface area contributed by atoms with E-state index in [4.69, 9.17) is 5.11 Å². The molecule has 6 nitrogen and oxygen atoms in total. The van der Waals surface area contributed by atoms with Crippen LogP contribution in [0.1, 0.15) is 10.4 Å². The SMILES string of the molecule is Cn1cc(C(=O)O)c(-c2cn3ccnc3s2)n1. The highest BCUT2D eigenvalue weighted by atomic mass is 32.1. The number of fused-ring (bicyclic) bond motifs is 1. The fraction of sp³-hybridized carbons (Fsp3) is 0.100. The monoisotopic (exact) mass is 248 g/mol. The number of nitrogens with zero attached hydrogens (tertiary/aromatic N) is 4. The van der Waals surface area contributed by atoms with Crippen molar-refractivity contribution < 1.29 is 9.90 Å². The maximum atomic E-state index is 11.1. The van der Waals surface area contributed by atoms with Crippen LogP contribution in [-0.4, -0.2) is 30.2 Å². The molecule has 17 heavy (non-hydrogen) atoms. The third-order valence-corrected chi connectivity index (χ3v) is 3.40. The third kappa shape index (κ3) is 1.51. The number of hydrogen-bond acceptors (Lipinski definition) is 4. The van der Waals surface area contributed by atoms with Gasteiger partial charge in [0, 0.05) is 31.8 Å². The Morgan fingerprint density at radius 3 is 3.00 bits per heavy atom. The van der Waals surface area contributed by atoms with Crippen molar-refractivity contribution in [2.75, 3.05) is 0 Å². The largest absolute Gasteiger partial charge is 0.478 e. The van der Waals surface area contributed by atoms with Crippen LogP contribution in [0, 0.1) is 0 Å². The van der Waals surface area contributed by atoms with Gasteiger partial charge in [0.15, 0.2) is 4.96 Å². The number of thiazole rings is 1. The van der Waals surface area contributed by atoms with Crippen LogP contribution in [0.15, 0.2) is 24.8 Å². The molecule has 0 aliphatic carbocycles. The van der Waals surface area contributed by atoms with E-state index in [1.807, 2.05) is 16.8 Å². The molecule has 0 atom stereocenters. The molecule has 0 aliphatic heterocycles. The number of aromatic carboxylic acids is 1. The van der Waals surface area contributed by atoms with Crippen LogP contribution in [0.3, 0.4) is 0 Å². The minimum Gasteiger partial charge on any atom is -0.478 e. The van der Waals surface area contributed by atoms with Crippen LogP contribution in [0.4, 0.5) is 0 Å². The summed E-state index contributed by atoms with van der Waals surface area (Å²) in [7, 11) is 1.70. The Bertz CT molecular complexity index is 680. The van der Waals surface area contributed by atoms with E-state index in [0.29, 0.717) is 5.69 Å². The van der Waals surface area contributed by atoms with Gasteiger partial charge in [0.25, 0.3) is 0 Å². The summed E-state index contributed by atoms with van der Waals surface area (Å²) in [6.45, 7) is 0. The Morgan fingerprint density at radius 1 is 1.47 bits per heavy atom. The van der Waals surface area contributed by atoms with Gasteiger partial charge in [-0.15, -0.1) is 0 Å². The molecule has 3 heterocycles. The second-order valence-electron chi connectivity index (χ2n) is 3.58. The summed E-state index contributed by atoms with van der Waals surface area (Å²) in [4.78, 5) is 16.9. The molecule has 0 aromatic carbocycles. The van der Waals surface area contributed by atoms with Crippen LogP contribution in [0.2, 0.25) is 0 Å². The number of aryl methyl sites for hydroxylation is 1. The van der Waals surface area contributed by atoms with Gasteiger partial charge >= 0.3 is 5.97 Å². The zero-order valence-corrected chi connectivity index (χ0v) is 9.68. The second kappa shape index (κ2) is 3.42. The van der Waals surface area contributed by atoms with Crippen molar-refractivity contribution in [1.82, 2.24) is 19.2 Å². The third-order valence-electron chi connectivity index (χ3n) is 2.38. The molecule has 86 valence electrons. The van der Waals surface area contributed by atoms with E-state index in [2.05, 4.69) is 10.1 Å². The Hall–Kier alpha value is -2.15. The highest BCUT2D eigenvalue weighted by Crippen LogP contribution is 2.29. The highest BCUT2D eigenvalue weighted by Gasteiger charge is 2.18. The summed E-state index contributed by atoms with van der Waals surface area (Å²) in [6.07, 6.45) is 6.85. The fourth-order valence-corrected chi connectivity index (χ4v) is 2.61. The van der Waals surface area contributed by atoms with Gasteiger partial charge in [-0.25, -0.2) is 9.78 Å². The van der Waals surface area contributed by atoms with E-state index in [1.54, 1.807) is 13.2 Å². The van der Waals surface area contributed by atoms with Crippen molar-refractivity contribution in [1.29, 1.82) is 0 Å². The Morgan fingerprint density at radius 2 is 2.29 bits per heavy atom. The van der Waals surface area contributed by atoms with E-state index in [0.717, 1.165) is 9.84 Å². The summed E-state index contributed by atoms with van der Waals surface area (Å²) in [5.74, 6) is -0.973. The molecule has 0 aliphatic rings. The second-order valence-corrected chi connectivity index (χ2v) is 4.59. The van der Waals surface area contributed by atoms with Crippen molar-refractivity contribution in [2.45, 2.75) is 0 Å². The van der Waals surface area contributed by atoms with Crippen LogP contribution in [0.25, 0.3) is 15.5 Å². The summed E-state index contributed by atoms with van der Waals surface area (Å²) in [6, 6.07) is 0. The number of aromatic nitrogens is 4. The first kappa shape index (κ1) is 10.0. The lowest BCUT2D eigenvalue weighted by molar-refractivity contribution is 0.0697. The summed E-state index contributed by atoms with van der Waals surface area (Å²) in [5, 5.41) is 13.3. The number of hydrogen-bond donors (Lipinski definition) is 1. The lowest BCUT2D eigenvalue weighted by Crippen LogP contribution is -1.95. The zero-order chi connectivity index (χ0) is 12.0. The Balaban J connectivity index is 2.21. The predicted octanol–water partition coefficient (Wildman–Crippen LogP) is 1.49. The standard InChI is InChI=1S/C10H8N4O2S/c1-13-4-6(9(15)16)8(12-13)7-5-14-3-2-11-10(14)17-7/h2-5H,1H3,(H,15,16). The molecule has 0 amide bonds. The number of carboxylic acids is 1. The van der Waals surface area contributed by atoms with E-state index in [1.165, 1.54) is 22.2 Å². The van der Waals surface area contributed by atoms with Gasteiger partial charge in [-0.2, -0.15) is 5.10 Å². The van der Waals surface area contributed by atoms with Crippen LogP contribution < -0.4 is 0 Å². The van der Waals surface area contributed by atoms with Crippen LogP contribution in [0.5, 0.6) is 0 Å². The minimum absolute atomic E-state index is 0.206. The van der Waals surface area contributed by atoms with E-state index < -0.39 is 5.97 Å². The molecule has 0 radical (unpaired) electrons. The maximum Gasteiger partial charge on any atom is 0.339 e. The molecule has 0 spiro atoms. The summed E-state index contributed by atoms with van der Waals surface area (Å²) < 4.78 is 3.35. The molecule has 0 unspecified atom stereocenters. The average molecular weight is 248 g/mol. The quantitative estimate of drug-likeness (QED) is 0.745. The minimum atomic E-state index is -0.973. The average Bonchev–Trinajstić information content (AvgIpc) is 2.87.